The lowest BCUT2D eigenvalue weighted by atomic mass is 10.1. The fourth-order valence-corrected chi connectivity index (χ4v) is 2.89. The average Bonchev–Trinajstić information content (AvgIpc) is 2.56. The number of hydrogen-bond acceptors (Lipinski definition) is 4. The highest BCUT2D eigenvalue weighted by molar-refractivity contribution is 5.78. The minimum Gasteiger partial charge on any atom is -0.496 e. The van der Waals surface area contributed by atoms with Crippen molar-refractivity contribution in [1.82, 2.24) is 15.1 Å². The summed E-state index contributed by atoms with van der Waals surface area (Å²) in [5, 5.41) is 3.05. The first-order valence-electron chi connectivity index (χ1n) is 8.95. The molecule has 0 aromatic heterocycles. The van der Waals surface area contributed by atoms with Crippen molar-refractivity contribution in [2.24, 2.45) is 5.92 Å². The highest BCUT2D eigenvalue weighted by Gasteiger charge is 2.21. The number of hydrogen-bond donors (Lipinski definition) is 1. The third-order valence-electron chi connectivity index (χ3n) is 4.86. The Morgan fingerprint density at radius 2 is 1.84 bits per heavy atom. The molecule has 1 atom stereocenters. The fraction of sp³-hybridized carbons (Fsp3) is 0.632. The number of nitrogens with zero attached hydrogens (tertiary/aromatic N) is 2. The van der Waals surface area contributed by atoms with Crippen LogP contribution in [0.15, 0.2) is 18.2 Å². The second kappa shape index (κ2) is 9.15. The van der Waals surface area contributed by atoms with Crippen LogP contribution >= 0.6 is 0 Å². The summed E-state index contributed by atoms with van der Waals surface area (Å²) in [7, 11) is 1.60. The van der Waals surface area contributed by atoms with Gasteiger partial charge in [-0.15, -0.1) is 0 Å². The van der Waals surface area contributed by atoms with Gasteiger partial charge in [-0.05, 0) is 31.0 Å². The number of nitrogens with one attached hydrogen (secondary N) is 1. The zero-order valence-corrected chi connectivity index (χ0v) is 15.7. The molecule has 0 radical (unpaired) electrons. The van der Waals surface area contributed by atoms with Gasteiger partial charge in [-0.3, -0.25) is 14.6 Å². The predicted octanol–water partition coefficient (Wildman–Crippen LogP) is 2.11. The molecule has 6 heteroatoms. The van der Waals surface area contributed by atoms with Gasteiger partial charge < -0.3 is 10.1 Å². The van der Waals surface area contributed by atoms with Gasteiger partial charge in [0.2, 0.25) is 5.91 Å². The Labute approximate surface area is 150 Å². The predicted molar refractivity (Wildman–Crippen MR) is 97.1 cm³/mol. The van der Waals surface area contributed by atoms with Gasteiger partial charge >= 0.3 is 0 Å². The molecule has 1 fully saturated rings. The second-order valence-electron chi connectivity index (χ2n) is 7.11. The number of amides is 1. The molecule has 5 nitrogen and oxygen atoms in total. The van der Waals surface area contributed by atoms with Crippen molar-refractivity contribution in [3.63, 3.8) is 0 Å². The molecule has 1 aromatic rings. The zero-order valence-electron chi connectivity index (χ0n) is 15.7. The molecule has 0 aliphatic carbocycles. The minimum atomic E-state index is -0.245. The monoisotopic (exact) mass is 351 g/mol. The van der Waals surface area contributed by atoms with E-state index in [0.717, 1.165) is 31.7 Å². The first kappa shape index (κ1) is 19.7. The maximum absolute atomic E-state index is 13.5. The molecule has 1 heterocycles. The summed E-state index contributed by atoms with van der Waals surface area (Å²) in [5.41, 5.74) is 0.861. The lowest BCUT2D eigenvalue weighted by Gasteiger charge is -2.34. The van der Waals surface area contributed by atoms with E-state index >= 15 is 0 Å². The van der Waals surface area contributed by atoms with E-state index in [1.54, 1.807) is 13.2 Å². The Morgan fingerprint density at radius 3 is 2.44 bits per heavy atom. The van der Waals surface area contributed by atoms with Crippen LogP contribution in [0, 0.1) is 11.7 Å². The molecule has 140 valence electrons. The summed E-state index contributed by atoms with van der Waals surface area (Å²) in [4.78, 5) is 16.5. The third-order valence-corrected chi connectivity index (χ3v) is 4.86. The van der Waals surface area contributed by atoms with Gasteiger partial charge in [0, 0.05) is 44.3 Å². The molecular formula is C19H30FN3O2. The SMILES string of the molecule is COc1ccc(F)cc1CN1CCN(CC(=O)N[C@@H](C)C(C)C)CC1. The number of halogens is 1. The molecule has 1 saturated heterocycles. The molecule has 0 spiro atoms. The Hall–Kier alpha value is -1.66. The topological polar surface area (TPSA) is 44.8 Å². The molecule has 0 unspecified atom stereocenters. The average molecular weight is 351 g/mol. The quantitative estimate of drug-likeness (QED) is 0.817. The molecule has 0 saturated carbocycles. The standard InChI is InChI=1S/C19H30FN3O2/c1-14(2)15(3)21-19(24)13-23-9-7-22(8-10-23)12-16-11-17(20)5-6-18(16)25-4/h5-6,11,14-15H,7-10,12-13H2,1-4H3,(H,21,24)/t15-/m0/s1. The van der Waals surface area contributed by atoms with Gasteiger partial charge in [0.25, 0.3) is 0 Å². The van der Waals surface area contributed by atoms with Crippen LogP contribution in [-0.4, -0.2) is 61.6 Å². The Kier molecular flexibility index (Phi) is 7.20. The molecule has 0 bridgehead atoms. The van der Waals surface area contributed by atoms with E-state index in [4.69, 9.17) is 4.74 Å². The Morgan fingerprint density at radius 1 is 1.20 bits per heavy atom. The third kappa shape index (κ3) is 5.97. The number of ether oxygens (including phenoxy) is 1. The molecule has 1 aliphatic rings. The van der Waals surface area contributed by atoms with Gasteiger partial charge in [-0.25, -0.2) is 4.39 Å². The van der Waals surface area contributed by atoms with Crippen molar-refractivity contribution in [3.8, 4) is 5.75 Å². The Balaban J connectivity index is 1.80. The first-order chi connectivity index (χ1) is 11.9. The molecular weight excluding hydrogens is 321 g/mol. The number of piperazine rings is 1. The van der Waals surface area contributed by atoms with Crippen LogP contribution in [0.3, 0.4) is 0 Å². The van der Waals surface area contributed by atoms with Gasteiger partial charge in [-0.2, -0.15) is 0 Å². The maximum atomic E-state index is 13.5. The van der Waals surface area contributed by atoms with Crippen molar-refractivity contribution < 1.29 is 13.9 Å². The molecule has 2 rings (SSSR count). The lowest BCUT2D eigenvalue weighted by molar-refractivity contribution is -0.123. The summed E-state index contributed by atoms with van der Waals surface area (Å²) >= 11 is 0. The summed E-state index contributed by atoms with van der Waals surface area (Å²) < 4.78 is 18.8. The smallest absolute Gasteiger partial charge is 0.234 e. The van der Waals surface area contributed by atoms with Gasteiger partial charge in [-0.1, -0.05) is 13.8 Å². The highest BCUT2D eigenvalue weighted by Crippen LogP contribution is 2.21. The summed E-state index contributed by atoms with van der Waals surface area (Å²) in [6.07, 6.45) is 0. The van der Waals surface area contributed by atoms with E-state index in [1.807, 2.05) is 6.92 Å². The first-order valence-corrected chi connectivity index (χ1v) is 8.95. The molecule has 1 aliphatic heterocycles. The summed E-state index contributed by atoms with van der Waals surface area (Å²) in [6, 6.07) is 4.80. The van der Waals surface area contributed by atoms with Crippen molar-refractivity contribution in [2.75, 3.05) is 39.8 Å². The lowest BCUT2D eigenvalue weighted by Crippen LogP contribution is -2.50. The van der Waals surface area contributed by atoms with Crippen LogP contribution < -0.4 is 10.1 Å². The highest BCUT2D eigenvalue weighted by atomic mass is 19.1. The van der Waals surface area contributed by atoms with Crippen LogP contribution in [0.5, 0.6) is 5.75 Å². The van der Waals surface area contributed by atoms with Crippen LogP contribution in [0.2, 0.25) is 0 Å². The summed E-state index contributed by atoms with van der Waals surface area (Å²) in [6.45, 7) is 10.7. The second-order valence-corrected chi connectivity index (χ2v) is 7.11. The largest absolute Gasteiger partial charge is 0.496 e. The van der Waals surface area contributed by atoms with E-state index in [2.05, 4.69) is 29.0 Å². The van der Waals surface area contributed by atoms with Crippen LogP contribution in [-0.2, 0) is 11.3 Å². The maximum Gasteiger partial charge on any atom is 0.234 e. The van der Waals surface area contributed by atoms with Crippen LogP contribution in [0.25, 0.3) is 0 Å². The number of carbonyl (C=O) groups is 1. The summed E-state index contributed by atoms with van der Waals surface area (Å²) in [5.74, 6) is 0.986. The van der Waals surface area contributed by atoms with E-state index in [1.165, 1.54) is 12.1 Å². The van der Waals surface area contributed by atoms with E-state index in [0.29, 0.717) is 24.8 Å². The molecule has 25 heavy (non-hydrogen) atoms. The number of rotatable bonds is 7. The minimum absolute atomic E-state index is 0.0847. The molecule has 1 N–H and O–H groups in total. The molecule has 1 amide bonds. The number of benzene rings is 1. The normalized spacial score (nSPS) is 17.5. The van der Waals surface area contributed by atoms with E-state index in [9.17, 15) is 9.18 Å². The van der Waals surface area contributed by atoms with Crippen LogP contribution in [0.1, 0.15) is 26.3 Å². The fourth-order valence-electron chi connectivity index (χ4n) is 2.89. The van der Waals surface area contributed by atoms with Crippen LogP contribution in [0.4, 0.5) is 4.39 Å². The van der Waals surface area contributed by atoms with Gasteiger partial charge in [0.1, 0.15) is 11.6 Å². The molecule has 1 aromatic carbocycles. The number of carbonyl (C=O) groups excluding carboxylic acids is 1. The Bertz CT molecular complexity index is 572. The van der Waals surface area contributed by atoms with Crippen molar-refractivity contribution >= 4 is 5.91 Å². The van der Waals surface area contributed by atoms with E-state index in [-0.39, 0.29) is 17.8 Å². The van der Waals surface area contributed by atoms with Crippen molar-refractivity contribution in [3.05, 3.63) is 29.6 Å². The van der Waals surface area contributed by atoms with Crippen molar-refractivity contribution in [1.29, 1.82) is 0 Å². The van der Waals surface area contributed by atoms with Crippen molar-refractivity contribution in [2.45, 2.75) is 33.4 Å². The number of methoxy groups -OCH3 is 1. The van der Waals surface area contributed by atoms with E-state index < -0.39 is 0 Å². The van der Waals surface area contributed by atoms with Gasteiger partial charge in [0.05, 0.1) is 13.7 Å². The zero-order chi connectivity index (χ0) is 18.4. The van der Waals surface area contributed by atoms with Gasteiger partial charge in [0.15, 0.2) is 0 Å².